The predicted octanol–water partition coefficient (Wildman–Crippen LogP) is 4.53. The molecule has 0 amide bonds. The fraction of sp³-hybridized carbons (Fsp3) is 0.667. The second-order valence-electron chi connectivity index (χ2n) is 6.62. The number of aryl methyl sites for hydroxylation is 1. The van der Waals surface area contributed by atoms with Gasteiger partial charge in [-0.3, -0.25) is 4.90 Å². The number of rotatable bonds is 10. The Bertz CT molecular complexity index is 523. The molecule has 0 radical (unpaired) electrons. The van der Waals surface area contributed by atoms with E-state index in [-0.39, 0.29) is 5.37 Å². The molecule has 0 bridgehead atoms. The third-order valence-electron chi connectivity index (χ3n) is 4.34. The zero-order valence-electron chi connectivity index (χ0n) is 14.8. The van der Waals surface area contributed by atoms with Crippen LogP contribution >= 0.6 is 24.0 Å². The summed E-state index contributed by atoms with van der Waals surface area (Å²) in [5, 5.41) is 3.41. The average molecular weight is 355 g/mol. The van der Waals surface area contributed by atoms with Crippen molar-refractivity contribution in [1.29, 1.82) is 0 Å². The number of hydrogen-bond acceptors (Lipinski definition) is 5. The second-order valence-corrected chi connectivity index (χ2v) is 8.23. The number of thiol groups is 1. The molecule has 0 saturated heterocycles. The second kappa shape index (κ2) is 8.45. The molecule has 1 heterocycles. The van der Waals surface area contributed by atoms with Gasteiger partial charge in [0.25, 0.3) is 0 Å². The van der Waals surface area contributed by atoms with Crippen LogP contribution in [0.2, 0.25) is 0 Å². The third-order valence-corrected chi connectivity index (χ3v) is 6.69. The van der Waals surface area contributed by atoms with Gasteiger partial charge in [0.1, 0.15) is 0 Å². The third kappa shape index (κ3) is 5.16. The Morgan fingerprint density at radius 3 is 2.78 bits per heavy atom. The highest BCUT2D eigenvalue weighted by molar-refractivity contribution is 7.80. The minimum absolute atomic E-state index is 0.227. The summed E-state index contributed by atoms with van der Waals surface area (Å²) >= 11 is 6.81. The van der Waals surface area contributed by atoms with Gasteiger partial charge in [0.15, 0.2) is 5.88 Å². The Hall–Kier alpha value is -0.650. The Morgan fingerprint density at radius 2 is 2.22 bits per heavy atom. The van der Waals surface area contributed by atoms with Crippen molar-refractivity contribution in [2.45, 2.75) is 56.9 Å². The molecule has 1 atom stereocenters. The predicted molar refractivity (Wildman–Crippen MR) is 103 cm³/mol. The van der Waals surface area contributed by atoms with Crippen LogP contribution in [0, 0.1) is 0 Å². The van der Waals surface area contributed by atoms with Crippen LogP contribution in [0.25, 0.3) is 0 Å². The largest absolute Gasteiger partial charge is 0.483 e. The van der Waals surface area contributed by atoms with E-state index in [9.17, 15) is 0 Å². The molecule has 5 heteroatoms. The standard InChI is InChI=1S/C18H30N2OS2/c1-12(2)17-14(7-6-10-19-13(3)21-5)11-16(23-17)18(22)20(4)15-8-9-15/h11-12,15,18-19,22H,3,6-10H2,1-2,4-5H3. The molecule has 2 rings (SSSR count). The van der Waals surface area contributed by atoms with E-state index in [1.807, 2.05) is 11.3 Å². The normalized spacial score (nSPS) is 16.0. The highest BCUT2D eigenvalue weighted by atomic mass is 32.1. The Balaban J connectivity index is 1.98. The Labute approximate surface area is 150 Å². The summed E-state index contributed by atoms with van der Waals surface area (Å²) in [5.41, 5.74) is 1.48. The van der Waals surface area contributed by atoms with Crippen molar-refractivity contribution < 1.29 is 4.74 Å². The van der Waals surface area contributed by atoms with Crippen LogP contribution in [-0.4, -0.2) is 31.6 Å². The van der Waals surface area contributed by atoms with E-state index in [0.717, 1.165) is 25.4 Å². The van der Waals surface area contributed by atoms with Crippen molar-refractivity contribution in [1.82, 2.24) is 10.2 Å². The summed E-state index contributed by atoms with van der Waals surface area (Å²) < 4.78 is 5.04. The van der Waals surface area contributed by atoms with E-state index in [4.69, 9.17) is 17.4 Å². The quantitative estimate of drug-likeness (QED) is 0.279. The summed E-state index contributed by atoms with van der Waals surface area (Å²) in [7, 11) is 3.84. The summed E-state index contributed by atoms with van der Waals surface area (Å²) in [6.07, 6.45) is 4.80. The molecular formula is C18H30N2OS2. The summed E-state index contributed by atoms with van der Waals surface area (Å²) in [4.78, 5) is 5.30. The van der Waals surface area contributed by atoms with E-state index < -0.39 is 0 Å². The first-order valence-corrected chi connectivity index (χ1v) is 9.76. The molecule has 1 aliphatic carbocycles. The molecule has 1 unspecified atom stereocenters. The van der Waals surface area contributed by atoms with Crippen LogP contribution in [0.1, 0.15) is 59.7 Å². The van der Waals surface area contributed by atoms with E-state index in [1.54, 1.807) is 7.11 Å². The minimum Gasteiger partial charge on any atom is -0.483 e. The van der Waals surface area contributed by atoms with E-state index in [1.165, 1.54) is 28.2 Å². The number of nitrogens with zero attached hydrogens (tertiary/aromatic N) is 1. The summed E-state index contributed by atoms with van der Waals surface area (Å²) in [6.45, 7) is 9.24. The molecule has 1 aromatic rings. The Kier molecular flexibility index (Phi) is 6.86. The number of hydrogen-bond donors (Lipinski definition) is 2. The number of ether oxygens (including phenoxy) is 1. The first-order chi connectivity index (χ1) is 10.9. The lowest BCUT2D eigenvalue weighted by Crippen LogP contribution is -2.22. The lowest BCUT2D eigenvalue weighted by atomic mass is 10.0. The van der Waals surface area contributed by atoms with Crippen molar-refractivity contribution in [2.24, 2.45) is 0 Å². The fourth-order valence-electron chi connectivity index (χ4n) is 2.74. The number of nitrogens with one attached hydrogen (secondary N) is 1. The number of thiophene rings is 1. The molecule has 1 saturated carbocycles. The maximum Gasteiger partial charge on any atom is 0.178 e. The van der Waals surface area contributed by atoms with Gasteiger partial charge in [0, 0.05) is 22.3 Å². The number of methoxy groups -OCH3 is 1. The van der Waals surface area contributed by atoms with Crippen LogP contribution in [0.5, 0.6) is 0 Å². The van der Waals surface area contributed by atoms with E-state index >= 15 is 0 Å². The molecule has 1 fully saturated rings. The van der Waals surface area contributed by atoms with Gasteiger partial charge in [-0.15, -0.1) is 11.3 Å². The molecule has 1 N–H and O–H groups in total. The highest BCUT2D eigenvalue weighted by Gasteiger charge is 2.31. The maximum atomic E-state index is 5.04. The lowest BCUT2D eigenvalue weighted by molar-refractivity contribution is 0.263. The molecule has 3 nitrogen and oxygen atoms in total. The smallest absolute Gasteiger partial charge is 0.178 e. The lowest BCUT2D eigenvalue weighted by Gasteiger charge is -2.22. The average Bonchev–Trinajstić information content (AvgIpc) is 3.29. The van der Waals surface area contributed by atoms with E-state index in [2.05, 4.69) is 43.8 Å². The highest BCUT2D eigenvalue weighted by Crippen LogP contribution is 2.40. The van der Waals surface area contributed by atoms with Gasteiger partial charge < -0.3 is 10.1 Å². The van der Waals surface area contributed by atoms with Gasteiger partial charge >= 0.3 is 0 Å². The van der Waals surface area contributed by atoms with Crippen LogP contribution < -0.4 is 5.32 Å². The van der Waals surface area contributed by atoms with Crippen molar-refractivity contribution in [3.8, 4) is 0 Å². The van der Waals surface area contributed by atoms with Gasteiger partial charge in [-0.1, -0.05) is 13.8 Å². The zero-order valence-corrected chi connectivity index (χ0v) is 16.5. The van der Waals surface area contributed by atoms with Gasteiger partial charge in [0.2, 0.25) is 0 Å². The van der Waals surface area contributed by atoms with E-state index in [0.29, 0.717) is 11.8 Å². The van der Waals surface area contributed by atoms with Crippen LogP contribution in [-0.2, 0) is 11.2 Å². The van der Waals surface area contributed by atoms with Crippen molar-refractivity contribution in [3.63, 3.8) is 0 Å². The van der Waals surface area contributed by atoms with Gasteiger partial charge in [-0.2, -0.15) is 12.6 Å². The monoisotopic (exact) mass is 354 g/mol. The maximum absolute atomic E-state index is 5.04. The zero-order chi connectivity index (χ0) is 17.0. The van der Waals surface area contributed by atoms with Crippen molar-refractivity contribution in [2.75, 3.05) is 20.7 Å². The molecule has 1 aliphatic rings. The SMILES string of the molecule is C=C(NCCCc1cc(C(S)N(C)C2CC2)sc1C(C)C)OC. The molecule has 23 heavy (non-hydrogen) atoms. The molecule has 0 aliphatic heterocycles. The summed E-state index contributed by atoms with van der Waals surface area (Å²) in [6, 6.07) is 3.11. The molecule has 0 spiro atoms. The Morgan fingerprint density at radius 1 is 1.52 bits per heavy atom. The molecule has 1 aromatic heterocycles. The molecule has 0 aromatic carbocycles. The first kappa shape index (κ1) is 18.7. The van der Waals surface area contributed by atoms with Gasteiger partial charge in [0.05, 0.1) is 12.5 Å². The topological polar surface area (TPSA) is 24.5 Å². The fourth-order valence-corrected chi connectivity index (χ4v) is 4.41. The van der Waals surface area contributed by atoms with Crippen LogP contribution in [0.4, 0.5) is 0 Å². The van der Waals surface area contributed by atoms with Crippen molar-refractivity contribution >= 4 is 24.0 Å². The molecular weight excluding hydrogens is 324 g/mol. The van der Waals surface area contributed by atoms with Crippen LogP contribution in [0.3, 0.4) is 0 Å². The first-order valence-electron chi connectivity index (χ1n) is 8.43. The van der Waals surface area contributed by atoms with Gasteiger partial charge in [-0.25, -0.2) is 0 Å². The van der Waals surface area contributed by atoms with Crippen LogP contribution in [0.15, 0.2) is 18.5 Å². The minimum atomic E-state index is 0.227. The summed E-state index contributed by atoms with van der Waals surface area (Å²) in [5.74, 6) is 1.21. The van der Waals surface area contributed by atoms with Crippen molar-refractivity contribution in [3.05, 3.63) is 33.8 Å². The molecule has 130 valence electrons. The van der Waals surface area contributed by atoms with Gasteiger partial charge in [-0.05, 0) is 56.9 Å².